The van der Waals surface area contributed by atoms with E-state index in [2.05, 4.69) is 6.92 Å². The molecule has 1 aliphatic carbocycles. The number of unbranched alkanes of at least 4 members (excludes halogenated alkanes) is 2. The van der Waals surface area contributed by atoms with E-state index in [-0.39, 0.29) is 24.2 Å². The van der Waals surface area contributed by atoms with Crippen LogP contribution in [0.2, 0.25) is 0 Å². The lowest BCUT2D eigenvalue weighted by Crippen LogP contribution is -2.15. The lowest BCUT2D eigenvalue weighted by molar-refractivity contribution is 0.249. The molecule has 0 heteroatoms. The summed E-state index contributed by atoms with van der Waals surface area (Å²) in [5.74, 6) is 1.55. The SMILES string of the molecule is [2H]c1c([2H])c(-c2ccccc2)c([2H])c([2H])c1CCC1CCC(CCCCC)CC1. The molecule has 3 rings (SSSR count). The van der Waals surface area contributed by atoms with Gasteiger partial charge in [0.25, 0.3) is 0 Å². The zero-order valence-corrected chi connectivity index (χ0v) is 15.6. The highest BCUT2D eigenvalue weighted by atomic mass is 14.3. The maximum Gasteiger partial charge on any atom is 0.0629 e. The summed E-state index contributed by atoms with van der Waals surface area (Å²) < 4.78 is 33.9. The van der Waals surface area contributed by atoms with Crippen molar-refractivity contribution in [1.29, 1.82) is 0 Å². The summed E-state index contributed by atoms with van der Waals surface area (Å²) in [5.41, 5.74) is 1.75. The molecule has 25 heavy (non-hydrogen) atoms. The molecule has 2 aromatic carbocycles. The zero-order chi connectivity index (χ0) is 20.8. The van der Waals surface area contributed by atoms with Gasteiger partial charge in [0.1, 0.15) is 0 Å². The zero-order valence-electron chi connectivity index (χ0n) is 19.6. The van der Waals surface area contributed by atoms with E-state index in [0.717, 1.165) is 17.9 Å². The van der Waals surface area contributed by atoms with E-state index in [1.165, 1.54) is 51.4 Å². The fraction of sp³-hybridized carbons (Fsp3) is 0.520. The highest BCUT2D eigenvalue weighted by Crippen LogP contribution is 2.34. The van der Waals surface area contributed by atoms with Crippen molar-refractivity contribution >= 4 is 0 Å². The van der Waals surface area contributed by atoms with Crippen LogP contribution in [0.1, 0.15) is 75.8 Å². The summed E-state index contributed by atoms with van der Waals surface area (Å²) >= 11 is 0. The standard InChI is InChI=1S/C25H34/c1-2-3-5-8-21-11-13-22(14-12-21)15-16-23-17-19-25(20-18-23)24-9-6-4-7-10-24/h4,6-7,9-10,17-22H,2-3,5,8,11-16H2,1H3/i17D,18D,19D,20D. The van der Waals surface area contributed by atoms with E-state index < -0.39 is 0 Å². The van der Waals surface area contributed by atoms with Crippen LogP contribution in [-0.2, 0) is 6.42 Å². The Morgan fingerprint density at radius 3 is 2.08 bits per heavy atom. The van der Waals surface area contributed by atoms with Gasteiger partial charge in [-0.05, 0) is 41.4 Å². The Hall–Kier alpha value is -1.56. The van der Waals surface area contributed by atoms with Gasteiger partial charge in [-0.3, -0.25) is 0 Å². The van der Waals surface area contributed by atoms with Crippen LogP contribution in [0.5, 0.6) is 0 Å². The van der Waals surface area contributed by atoms with Gasteiger partial charge >= 0.3 is 0 Å². The van der Waals surface area contributed by atoms with Gasteiger partial charge in [-0.15, -0.1) is 0 Å². The highest BCUT2D eigenvalue weighted by Gasteiger charge is 2.20. The molecule has 1 aliphatic rings. The quantitative estimate of drug-likeness (QED) is 0.433. The molecular weight excluding hydrogens is 300 g/mol. The molecule has 2 aromatic rings. The summed E-state index contributed by atoms with van der Waals surface area (Å²) in [6.45, 7) is 2.26. The molecule has 0 radical (unpaired) electrons. The van der Waals surface area contributed by atoms with Crippen molar-refractivity contribution in [3.8, 4) is 11.1 Å². The third-order valence-electron chi connectivity index (χ3n) is 5.72. The van der Waals surface area contributed by atoms with Crippen LogP contribution in [0.15, 0.2) is 54.5 Å². The number of benzene rings is 2. The number of rotatable bonds is 8. The van der Waals surface area contributed by atoms with Crippen molar-refractivity contribution in [1.82, 2.24) is 0 Å². The second-order valence-corrected chi connectivity index (χ2v) is 7.64. The maximum absolute atomic E-state index is 8.48. The summed E-state index contributed by atoms with van der Waals surface area (Å²) in [6.07, 6.45) is 12.1. The van der Waals surface area contributed by atoms with Crippen LogP contribution < -0.4 is 0 Å². The maximum atomic E-state index is 8.48. The van der Waals surface area contributed by atoms with E-state index in [1.807, 2.05) is 30.3 Å². The van der Waals surface area contributed by atoms with Gasteiger partial charge in [-0.25, -0.2) is 0 Å². The monoisotopic (exact) mass is 338 g/mol. The Balaban J connectivity index is 1.65. The second kappa shape index (κ2) is 9.80. The fourth-order valence-electron chi connectivity index (χ4n) is 4.05. The van der Waals surface area contributed by atoms with Crippen LogP contribution in [0, 0.1) is 11.8 Å². The second-order valence-electron chi connectivity index (χ2n) is 7.64. The van der Waals surface area contributed by atoms with Crippen LogP contribution in [0.4, 0.5) is 0 Å². The van der Waals surface area contributed by atoms with E-state index >= 15 is 0 Å². The first-order valence-electron chi connectivity index (χ1n) is 12.2. The summed E-state index contributed by atoms with van der Waals surface area (Å²) in [4.78, 5) is 0. The van der Waals surface area contributed by atoms with Gasteiger partial charge in [-0.2, -0.15) is 0 Å². The van der Waals surface area contributed by atoms with E-state index in [1.54, 1.807) is 0 Å². The smallest absolute Gasteiger partial charge is 0.0629 e. The average molecular weight is 339 g/mol. The van der Waals surface area contributed by atoms with Crippen molar-refractivity contribution in [2.75, 3.05) is 0 Å². The summed E-state index contributed by atoms with van der Waals surface area (Å²) in [7, 11) is 0. The van der Waals surface area contributed by atoms with Crippen LogP contribution >= 0.6 is 0 Å². The van der Waals surface area contributed by atoms with Crippen LogP contribution in [0.3, 0.4) is 0 Å². The van der Waals surface area contributed by atoms with Crippen LogP contribution in [-0.4, -0.2) is 0 Å². The van der Waals surface area contributed by atoms with Gasteiger partial charge in [-0.1, -0.05) is 113 Å². The summed E-state index contributed by atoms with van der Waals surface area (Å²) in [6, 6.07) is 9.79. The third kappa shape index (κ3) is 5.73. The normalized spacial score (nSPS) is 22.8. The third-order valence-corrected chi connectivity index (χ3v) is 5.72. The molecule has 0 spiro atoms. The first-order valence-corrected chi connectivity index (χ1v) is 10.2. The van der Waals surface area contributed by atoms with Crippen molar-refractivity contribution in [2.24, 2.45) is 11.8 Å². The Bertz CT molecular complexity index is 763. The van der Waals surface area contributed by atoms with E-state index in [0.29, 0.717) is 23.5 Å². The molecule has 1 saturated carbocycles. The molecule has 0 N–H and O–H groups in total. The fourth-order valence-corrected chi connectivity index (χ4v) is 4.05. The first-order chi connectivity index (χ1) is 14.0. The van der Waals surface area contributed by atoms with Crippen molar-refractivity contribution in [3.05, 3.63) is 60.1 Å². The molecule has 1 fully saturated rings. The Morgan fingerprint density at radius 1 is 0.800 bits per heavy atom. The first kappa shape index (κ1) is 13.6. The lowest BCUT2D eigenvalue weighted by Gasteiger charge is -2.28. The van der Waals surface area contributed by atoms with E-state index in [4.69, 9.17) is 5.48 Å². The molecule has 0 nitrogen and oxygen atoms in total. The Labute approximate surface area is 160 Å². The molecular formula is C25H34. The Kier molecular flexibility index (Phi) is 5.34. The molecule has 0 unspecified atom stereocenters. The minimum Gasteiger partial charge on any atom is -0.0654 e. The van der Waals surface area contributed by atoms with Crippen molar-refractivity contribution < 1.29 is 5.48 Å². The van der Waals surface area contributed by atoms with Crippen LogP contribution in [0.25, 0.3) is 11.1 Å². The minimum atomic E-state index is 0.0897. The average Bonchev–Trinajstić information content (AvgIpc) is 2.74. The van der Waals surface area contributed by atoms with Gasteiger partial charge in [0.15, 0.2) is 0 Å². The lowest BCUT2D eigenvalue weighted by atomic mass is 9.78. The van der Waals surface area contributed by atoms with Gasteiger partial charge in [0.05, 0.1) is 5.48 Å². The topological polar surface area (TPSA) is 0 Å². The van der Waals surface area contributed by atoms with Gasteiger partial charge in [0, 0.05) is 0 Å². The molecule has 0 amide bonds. The largest absolute Gasteiger partial charge is 0.0654 e. The molecule has 0 aliphatic heterocycles. The predicted octanol–water partition coefficient (Wildman–Crippen LogP) is 7.67. The molecule has 0 saturated heterocycles. The van der Waals surface area contributed by atoms with Crippen molar-refractivity contribution in [2.45, 2.75) is 71.1 Å². The number of hydrogen-bond donors (Lipinski definition) is 0. The number of hydrogen-bond acceptors (Lipinski definition) is 0. The molecule has 0 heterocycles. The van der Waals surface area contributed by atoms with Crippen molar-refractivity contribution in [3.63, 3.8) is 0 Å². The highest BCUT2D eigenvalue weighted by molar-refractivity contribution is 5.63. The Morgan fingerprint density at radius 2 is 1.44 bits per heavy atom. The minimum absolute atomic E-state index is 0.0897. The molecule has 0 atom stereocenters. The molecule has 134 valence electrons. The van der Waals surface area contributed by atoms with Gasteiger partial charge < -0.3 is 0 Å². The predicted molar refractivity (Wildman–Crippen MR) is 110 cm³/mol. The molecule has 0 bridgehead atoms. The van der Waals surface area contributed by atoms with Gasteiger partial charge in [0.2, 0.25) is 0 Å². The molecule has 0 aromatic heterocycles. The summed E-state index contributed by atoms with van der Waals surface area (Å²) in [5, 5.41) is 0. The van der Waals surface area contributed by atoms with E-state index in [9.17, 15) is 0 Å².